The van der Waals surface area contributed by atoms with E-state index in [2.05, 4.69) is 5.32 Å². The van der Waals surface area contributed by atoms with Gasteiger partial charge in [0.15, 0.2) is 11.6 Å². The Morgan fingerprint density at radius 1 is 1.17 bits per heavy atom. The maximum atomic E-state index is 14.9. The number of carbonyl (C=O) groups is 3. The van der Waals surface area contributed by atoms with E-state index in [1.54, 1.807) is 0 Å². The number of nitrogens with zero attached hydrogens (tertiary/aromatic N) is 1. The Kier molecular flexibility index (Phi) is 5.55. The number of halogens is 2. The molecule has 1 aromatic heterocycles. The van der Waals surface area contributed by atoms with Crippen molar-refractivity contribution in [2.45, 2.75) is 19.8 Å². The Morgan fingerprint density at radius 3 is 2.50 bits per heavy atom. The summed E-state index contributed by atoms with van der Waals surface area (Å²) in [6.07, 6.45) is 0. The summed E-state index contributed by atoms with van der Waals surface area (Å²) in [7, 11) is 0. The Balaban J connectivity index is 2.22. The molecule has 1 atom stereocenters. The molecule has 0 saturated carbocycles. The number of fused-ring (bicyclic) bond motifs is 1. The molecule has 0 aliphatic heterocycles. The Hall–Kier alpha value is -3.75. The molecule has 0 saturated heterocycles. The molecule has 0 bridgehead atoms. The minimum absolute atomic E-state index is 0.0121. The highest BCUT2D eigenvalue weighted by Crippen LogP contribution is 2.37. The number of carboxylic acids is 1. The summed E-state index contributed by atoms with van der Waals surface area (Å²) in [6, 6.07) is 7.37. The minimum Gasteiger partial charge on any atom is -0.505 e. The summed E-state index contributed by atoms with van der Waals surface area (Å²) in [5.41, 5.74) is 0.427. The lowest BCUT2D eigenvalue weighted by molar-refractivity contribution is -0.138. The fourth-order valence-electron chi connectivity index (χ4n) is 3.47. The van der Waals surface area contributed by atoms with Gasteiger partial charge in [0, 0.05) is 16.6 Å². The number of carboxylic acid groups (broad SMARTS) is 1. The van der Waals surface area contributed by atoms with Crippen molar-refractivity contribution in [3.8, 4) is 5.75 Å². The highest BCUT2D eigenvalue weighted by molar-refractivity contribution is 6.06. The average Bonchev–Trinajstić information content (AvgIpc) is 3.00. The fourth-order valence-corrected chi connectivity index (χ4v) is 3.47. The van der Waals surface area contributed by atoms with E-state index >= 15 is 0 Å². The monoisotopic (exact) mass is 416 g/mol. The molecule has 7 nitrogen and oxygen atoms in total. The van der Waals surface area contributed by atoms with Crippen molar-refractivity contribution in [2.24, 2.45) is 0 Å². The van der Waals surface area contributed by atoms with Crippen molar-refractivity contribution in [1.29, 1.82) is 0 Å². The molecular formula is C21H18F2N2O5. The Bertz CT molecular complexity index is 1190. The highest BCUT2D eigenvalue weighted by atomic mass is 19.1. The van der Waals surface area contributed by atoms with Crippen LogP contribution in [0, 0.1) is 18.6 Å². The second kappa shape index (κ2) is 7.94. The van der Waals surface area contributed by atoms with Crippen LogP contribution in [0.1, 0.15) is 34.5 Å². The summed E-state index contributed by atoms with van der Waals surface area (Å²) in [5.74, 6) is -5.94. The summed E-state index contributed by atoms with van der Waals surface area (Å²) in [5, 5.41) is 20.7. The van der Waals surface area contributed by atoms with Crippen molar-refractivity contribution >= 4 is 28.7 Å². The van der Waals surface area contributed by atoms with E-state index in [0.29, 0.717) is 0 Å². The SMILES string of the molecule is Cc1c([C@H](C)C(=O)NCC(=O)O)c2c(F)c(O)ccc2n1C(=O)c1cccc(F)c1. The molecule has 9 heteroatoms. The molecule has 3 rings (SSSR count). The van der Waals surface area contributed by atoms with Crippen molar-refractivity contribution in [3.05, 3.63) is 64.9 Å². The first-order valence-corrected chi connectivity index (χ1v) is 8.95. The van der Waals surface area contributed by atoms with Crippen LogP contribution in [0.15, 0.2) is 36.4 Å². The van der Waals surface area contributed by atoms with Gasteiger partial charge in [-0.15, -0.1) is 0 Å². The number of benzene rings is 2. The minimum atomic E-state index is -1.25. The van der Waals surface area contributed by atoms with E-state index in [1.165, 1.54) is 38.1 Å². The van der Waals surface area contributed by atoms with Crippen LogP contribution in [0.25, 0.3) is 10.9 Å². The van der Waals surface area contributed by atoms with Crippen LogP contribution in [0.3, 0.4) is 0 Å². The van der Waals surface area contributed by atoms with Crippen LogP contribution in [0.5, 0.6) is 5.75 Å². The average molecular weight is 416 g/mol. The number of amides is 1. The molecular weight excluding hydrogens is 398 g/mol. The molecule has 0 radical (unpaired) electrons. The molecule has 3 N–H and O–H groups in total. The number of rotatable bonds is 5. The van der Waals surface area contributed by atoms with Crippen LogP contribution in [0.4, 0.5) is 8.78 Å². The fraction of sp³-hybridized carbons (Fsp3) is 0.190. The summed E-state index contributed by atoms with van der Waals surface area (Å²) in [6.45, 7) is 2.29. The first kappa shape index (κ1) is 21.0. The second-order valence-corrected chi connectivity index (χ2v) is 6.78. The van der Waals surface area contributed by atoms with Crippen molar-refractivity contribution in [3.63, 3.8) is 0 Å². The van der Waals surface area contributed by atoms with Crippen LogP contribution < -0.4 is 5.32 Å². The van der Waals surface area contributed by atoms with Gasteiger partial charge in [0.1, 0.15) is 12.4 Å². The van der Waals surface area contributed by atoms with E-state index in [4.69, 9.17) is 5.11 Å². The molecule has 0 spiro atoms. The van der Waals surface area contributed by atoms with E-state index in [0.717, 1.165) is 16.7 Å². The van der Waals surface area contributed by atoms with Crippen molar-refractivity contribution in [2.75, 3.05) is 6.54 Å². The molecule has 1 heterocycles. The number of phenolic OH excluding ortho intramolecular Hbond substituents is 1. The Labute approximate surface area is 169 Å². The molecule has 0 aliphatic carbocycles. The maximum Gasteiger partial charge on any atom is 0.322 e. The number of nitrogens with one attached hydrogen (secondary N) is 1. The predicted octanol–water partition coefficient (Wildman–Crippen LogP) is 2.93. The maximum absolute atomic E-state index is 14.9. The quantitative estimate of drug-likeness (QED) is 0.593. The topological polar surface area (TPSA) is 109 Å². The first-order valence-electron chi connectivity index (χ1n) is 8.95. The van der Waals surface area contributed by atoms with Crippen LogP contribution >= 0.6 is 0 Å². The van der Waals surface area contributed by atoms with Gasteiger partial charge in [-0.05, 0) is 49.7 Å². The lowest BCUT2D eigenvalue weighted by atomic mass is 9.96. The van der Waals surface area contributed by atoms with Gasteiger partial charge in [-0.1, -0.05) is 6.07 Å². The van der Waals surface area contributed by atoms with E-state index < -0.39 is 47.6 Å². The lowest BCUT2D eigenvalue weighted by Gasteiger charge is -2.13. The van der Waals surface area contributed by atoms with Crippen LogP contribution in [0.2, 0.25) is 0 Å². The van der Waals surface area contributed by atoms with Crippen LogP contribution in [-0.4, -0.2) is 39.1 Å². The van der Waals surface area contributed by atoms with E-state index in [1.807, 2.05) is 0 Å². The summed E-state index contributed by atoms with van der Waals surface area (Å²) < 4.78 is 29.6. The number of aromatic nitrogens is 1. The van der Waals surface area contributed by atoms with Crippen molar-refractivity contribution in [1.82, 2.24) is 9.88 Å². The molecule has 156 valence electrons. The summed E-state index contributed by atoms with van der Waals surface area (Å²) in [4.78, 5) is 36.2. The molecule has 30 heavy (non-hydrogen) atoms. The third-order valence-electron chi connectivity index (χ3n) is 4.85. The molecule has 0 aliphatic rings. The van der Waals surface area contributed by atoms with Gasteiger partial charge in [0.25, 0.3) is 5.91 Å². The van der Waals surface area contributed by atoms with Crippen LogP contribution in [-0.2, 0) is 9.59 Å². The molecule has 0 fully saturated rings. The number of hydrogen-bond donors (Lipinski definition) is 3. The largest absolute Gasteiger partial charge is 0.505 e. The third-order valence-corrected chi connectivity index (χ3v) is 4.85. The first-order chi connectivity index (χ1) is 14.1. The van der Waals surface area contributed by atoms with Gasteiger partial charge in [-0.2, -0.15) is 0 Å². The molecule has 2 aromatic carbocycles. The van der Waals surface area contributed by atoms with E-state index in [9.17, 15) is 28.3 Å². The number of hydrogen-bond acceptors (Lipinski definition) is 4. The van der Waals surface area contributed by atoms with E-state index in [-0.39, 0.29) is 27.7 Å². The highest BCUT2D eigenvalue weighted by Gasteiger charge is 2.29. The van der Waals surface area contributed by atoms with Gasteiger partial charge < -0.3 is 15.5 Å². The van der Waals surface area contributed by atoms with Gasteiger partial charge in [0.2, 0.25) is 5.91 Å². The zero-order valence-corrected chi connectivity index (χ0v) is 16.1. The standard InChI is InChI=1S/C21H18F2N2O5/c1-10(20(29)24-9-16(27)28)17-11(2)25(14-6-7-15(26)19(23)18(14)17)21(30)12-4-3-5-13(22)8-12/h3-8,10,26H,9H2,1-2H3,(H,24,29)(H,27,28)/t10-/m0/s1. The zero-order chi connectivity index (χ0) is 22.2. The number of aromatic hydroxyl groups is 1. The van der Waals surface area contributed by atoms with Gasteiger partial charge in [-0.25, -0.2) is 8.78 Å². The number of carbonyl (C=O) groups excluding carboxylic acids is 2. The smallest absolute Gasteiger partial charge is 0.322 e. The zero-order valence-electron chi connectivity index (χ0n) is 16.1. The number of aliphatic carboxylic acids is 1. The molecule has 0 unspecified atom stereocenters. The lowest BCUT2D eigenvalue weighted by Crippen LogP contribution is -2.32. The van der Waals surface area contributed by atoms with Gasteiger partial charge in [0.05, 0.1) is 11.4 Å². The normalized spacial score (nSPS) is 12.0. The summed E-state index contributed by atoms with van der Waals surface area (Å²) >= 11 is 0. The number of phenols is 1. The third kappa shape index (κ3) is 3.61. The molecule has 3 aromatic rings. The van der Waals surface area contributed by atoms with Gasteiger partial charge in [-0.3, -0.25) is 19.0 Å². The predicted molar refractivity (Wildman–Crippen MR) is 103 cm³/mol. The second-order valence-electron chi connectivity index (χ2n) is 6.78. The van der Waals surface area contributed by atoms with Crippen molar-refractivity contribution < 1.29 is 33.4 Å². The molecule has 1 amide bonds. The Morgan fingerprint density at radius 2 is 1.87 bits per heavy atom. The van der Waals surface area contributed by atoms with Gasteiger partial charge >= 0.3 is 5.97 Å².